The highest BCUT2D eigenvalue weighted by Crippen LogP contribution is 2.27. The molecule has 0 spiro atoms. The van der Waals surface area contributed by atoms with Crippen LogP contribution >= 0.6 is 11.6 Å². The Morgan fingerprint density at radius 2 is 2.35 bits per heavy atom. The number of hydrogen-bond donors (Lipinski definition) is 1. The standard InChI is InChI=1S/C15H17ClN2O2/c1-10-3-2-6-18(14(10)15(19)20)9-12-5-4-11(8-17)7-13(12)16/h4-5,7,10,14H,2-3,6,9H2,1H3,(H,19,20). The normalized spacial score (nSPS) is 23.2. The van der Waals surface area contributed by atoms with Crippen molar-refractivity contribution >= 4 is 17.6 Å². The summed E-state index contributed by atoms with van der Waals surface area (Å²) in [5.41, 5.74) is 1.38. The van der Waals surface area contributed by atoms with Gasteiger partial charge >= 0.3 is 5.97 Å². The van der Waals surface area contributed by atoms with E-state index in [-0.39, 0.29) is 5.92 Å². The second kappa shape index (κ2) is 6.25. The van der Waals surface area contributed by atoms with Crippen molar-refractivity contribution in [2.24, 2.45) is 5.92 Å². The molecular formula is C15H17ClN2O2. The average Bonchev–Trinajstić information content (AvgIpc) is 2.40. The van der Waals surface area contributed by atoms with Crippen LogP contribution in [0.25, 0.3) is 0 Å². The van der Waals surface area contributed by atoms with Gasteiger partial charge < -0.3 is 5.11 Å². The lowest BCUT2D eigenvalue weighted by Gasteiger charge is -2.37. The molecule has 1 aromatic carbocycles. The number of rotatable bonds is 3. The van der Waals surface area contributed by atoms with Gasteiger partial charge in [0, 0.05) is 11.6 Å². The Bertz CT molecular complexity index is 553. The van der Waals surface area contributed by atoms with E-state index in [0.29, 0.717) is 17.1 Å². The zero-order chi connectivity index (χ0) is 14.7. The Morgan fingerprint density at radius 1 is 1.60 bits per heavy atom. The fourth-order valence-corrected chi connectivity index (χ4v) is 3.05. The zero-order valence-corrected chi connectivity index (χ0v) is 12.1. The number of nitriles is 1. The quantitative estimate of drug-likeness (QED) is 0.930. The van der Waals surface area contributed by atoms with Crippen molar-refractivity contribution in [3.8, 4) is 6.07 Å². The number of carbonyl (C=O) groups is 1. The van der Waals surface area contributed by atoms with Gasteiger partial charge in [0.2, 0.25) is 0 Å². The van der Waals surface area contributed by atoms with Crippen molar-refractivity contribution in [3.63, 3.8) is 0 Å². The fraction of sp³-hybridized carbons (Fsp3) is 0.467. The molecule has 0 radical (unpaired) electrons. The van der Waals surface area contributed by atoms with Gasteiger partial charge in [-0.25, -0.2) is 0 Å². The molecule has 1 fully saturated rings. The lowest BCUT2D eigenvalue weighted by atomic mass is 9.90. The number of nitrogens with zero attached hydrogens (tertiary/aromatic N) is 2. The van der Waals surface area contributed by atoms with Gasteiger partial charge in [-0.3, -0.25) is 9.69 Å². The molecule has 20 heavy (non-hydrogen) atoms. The summed E-state index contributed by atoms with van der Waals surface area (Å²) in [6, 6.07) is 6.72. The topological polar surface area (TPSA) is 64.3 Å². The SMILES string of the molecule is CC1CCCN(Cc2ccc(C#N)cc2Cl)C1C(=O)O. The summed E-state index contributed by atoms with van der Waals surface area (Å²) in [7, 11) is 0. The number of piperidine rings is 1. The first-order valence-corrected chi connectivity index (χ1v) is 7.06. The molecule has 1 N–H and O–H groups in total. The summed E-state index contributed by atoms with van der Waals surface area (Å²) in [5.74, 6) is -0.639. The van der Waals surface area contributed by atoms with Crippen LogP contribution in [0.5, 0.6) is 0 Å². The van der Waals surface area contributed by atoms with Crippen LogP contribution < -0.4 is 0 Å². The van der Waals surface area contributed by atoms with E-state index in [0.717, 1.165) is 24.9 Å². The molecule has 0 aromatic heterocycles. The van der Waals surface area contributed by atoms with Gasteiger partial charge in [0.25, 0.3) is 0 Å². The van der Waals surface area contributed by atoms with E-state index < -0.39 is 12.0 Å². The van der Waals surface area contributed by atoms with E-state index in [1.807, 2.05) is 17.9 Å². The number of hydrogen-bond acceptors (Lipinski definition) is 3. The molecule has 1 aromatic rings. The van der Waals surface area contributed by atoms with Crippen LogP contribution in [0.2, 0.25) is 5.02 Å². The minimum atomic E-state index is -0.776. The first kappa shape index (κ1) is 14.8. The summed E-state index contributed by atoms with van der Waals surface area (Å²) < 4.78 is 0. The molecule has 1 aliphatic rings. The maximum Gasteiger partial charge on any atom is 0.321 e. The summed E-state index contributed by atoms with van der Waals surface area (Å²) in [4.78, 5) is 13.4. The van der Waals surface area contributed by atoms with Crippen molar-refractivity contribution in [1.82, 2.24) is 4.90 Å². The fourth-order valence-electron chi connectivity index (χ4n) is 2.81. The number of benzene rings is 1. The van der Waals surface area contributed by atoms with Crippen molar-refractivity contribution < 1.29 is 9.90 Å². The number of likely N-dealkylation sites (tertiary alicyclic amines) is 1. The lowest BCUT2D eigenvalue weighted by Crippen LogP contribution is -2.48. The van der Waals surface area contributed by atoms with Gasteiger partial charge in [-0.2, -0.15) is 5.26 Å². The predicted octanol–water partition coefficient (Wildman–Crippen LogP) is 2.90. The smallest absolute Gasteiger partial charge is 0.321 e. The highest BCUT2D eigenvalue weighted by Gasteiger charge is 2.34. The zero-order valence-electron chi connectivity index (χ0n) is 11.3. The Balaban J connectivity index is 2.19. The largest absolute Gasteiger partial charge is 0.480 e. The third-order valence-corrected chi connectivity index (χ3v) is 4.20. The van der Waals surface area contributed by atoms with E-state index in [2.05, 4.69) is 0 Å². The van der Waals surface area contributed by atoms with E-state index in [1.54, 1.807) is 18.2 Å². The molecule has 2 rings (SSSR count). The molecule has 1 aliphatic heterocycles. The monoisotopic (exact) mass is 292 g/mol. The van der Waals surface area contributed by atoms with Crippen LogP contribution in [0, 0.1) is 17.2 Å². The molecule has 0 bridgehead atoms. The molecule has 4 nitrogen and oxygen atoms in total. The van der Waals surface area contributed by atoms with Gasteiger partial charge in [-0.05, 0) is 43.0 Å². The Kier molecular flexibility index (Phi) is 4.64. The second-order valence-corrected chi connectivity index (χ2v) is 5.70. The van der Waals surface area contributed by atoms with Gasteiger partial charge in [0.1, 0.15) is 6.04 Å². The molecule has 5 heteroatoms. The molecule has 0 amide bonds. The first-order valence-electron chi connectivity index (χ1n) is 6.68. The maximum atomic E-state index is 11.4. The molecule has 1 saturated heterocycles. The van der Waals surface area contributed by atoms with Crippen molar-refractivity contribution in [1.29, 1.82) is 5.26 Å². The predicted molar refractivity (Wildman–Crippen MR) is 76.4 cm³/mol. The molecule has 2 unspecified atom stereocenters. The summed E-state index contributed by atoms with van der Waals surface area (Å²) in [5, 5.41) is 18.7. The number of carboxylic acids is 1. The number of aliphatic carboxylic acids is 1. The summed E-state index contributed by atoms with van der Waals surface area (Å²) in [6.07, 6.45) is 1.94. The van der Waals surface area contributed by atoms with Gasteiger partial charge in [0.05, 0.1) is 11.6 Å². The van der Waals surface area contributed by atoms with E-state index >= 15 is 0 Å². The van der Waals surface area contributed by atoms with Crippen LogP contribution in [0.3, 0.4) is 0 Å². The highest BCUT2D eigenvalue weighted by molar-refractivity contribution is 6.31. The summed E-state index contributed by atoms with van der Waals surface area (Å²) >= 11 is 6.17. The maximum absolute atomic E-state index is 11.4. The molecule has 0 aliphatic carbocycles. The number of halogens is 1. The van der Waals surface area contributed by atoms with Crippen LogP contribution in [-0.4, -0.2) is 28.6 Å². The second-order valence-electron chi connectivity index (χ2n) is 5.29. The van der Waals surface area contributed by atoms with Crippen molar-refractivity contribution in [2.45, 2.75) is 32.4 Å². The van der Waals surface area contributed by atoms with Gasteiger partial charge in [-0.1, -0.05) is 24.6 Å². The molecule has 106 valence electrons. The minimum absolute atomic E-state index is 0.137. The minimum Gasteiger partial charge on any atom is -0.480 e. The van der Waals surface area contributed by atoms with Crippen molar-refractivity contribution in [3.05, 3.63) is 34.3 Å². The van der Waals surface area contributed by atoms with Crippen LogP contribution in [-0.2, 0) is 11.3 Å². The van der Waals surface area contributed by atoms with Crippen LogP contribution in [0.15, 0.2) is 18.2 Å². The van der Waals surface area contributed by atoms with Crippen molar-refractivity contribution in [2.75, 3.05) is 6.54 Å². The highest BCUT2D eigenvalue weighted by atomic mass is 35.5. The van der Waals surface area contributed by atoms with E-state index in [4.69, 9.17) is 16.9 Å². The lowest BCUT2D eigenvalue weighted by molar-refractivity contribution is -0.147. The van der Waals surface area contributed by atoms with E-state index in [9.17, 15) is 9.90 Å². The molecule has 2 atom stereocenters. The van der Waals surface area contributed by atoms with Crippen LogP contribution in [0.4, 0.5) is 0 Å². The molecule has 1 heterocycles. The Morgan fingerprint density at radius 3 is 2.95 bits per heavy atom. The molecular weight excluding hydrogens is 276 g/mol. The number of carboxylic acid groups (broad SMARTS) is 1. The van der Waals surface area contributed by atoms with Gasteiger partial charge in [-0.15, -0.1) is 0 Å². The third kappa shape index (κ3) is 3.12. The van der Waals surface area contributed by atoms with Crippen LogP contribution in [0.1, 0.15) is 30.9 Å². The molecule has 0 saturated carbocycles. The average molecular weight is 293 g/mol. The Labute approximate surface area is 123 Å². The van der Waals surface area contributed by atoms with E-state index in [1.165, 1.54) is 0 Å². The van der Waals surface area contributed by atoms with Gasteiger partial charge in [0.15, 0.2) is 0 Å². The Hall–Kier alpha value is -1.57. The first-order chi connectivity index (χ1) is 9.52. The summed E-state index contributed by atoms with van der Waals surface area (Å²) in [6.45, 7) is 3.24. The third-order valence-electron chi connectivity index (χ3n) is 3.85.